The highest BCUT2D eigenvalue weighted by Crippen LogP contribution is 2.34. The van der Waals surface area contributed by atoms with E-state index in [2.05, 4.69) is 4.99 Å². The standard InChI is InChI=1S/C21H18N2O6S/c1-23-19(26)17(12-13-6-8-14(9-7-13)29-11-10-18(24)25)30-21(23)22-16-5-3-2-4-15(16)20(27)28/h2-9,12H,10-11H2,1H3,(H,24,25)(H,27,28)/b17-12-,22-21?. The summed E-state index contributed by atoms with van der Waals surface area (Å²) in [4.78, 5) is 40.6. The van der Waals surface area contributed by atoms with Crippen molar-refractivity contribution in [2.75, 3.05) is 13.7 Å². The third-order valence-electron chi connectivity index (χ3n) is 4.12. The van der Waals surface area contributed by atoms with Crippen molar-refractivity contribution in [3.05, 3.63) is 64.6 Å². The summed E-state index contributed by atoms with van der Waals surface area (Å²) in [6, 6.07) is 13.2. The van der Waals surface area contributed by atoms with Gasteiger partial charge < -0.3 is 14.9 Å². The number of hydrogen-bond donors (Lipinski definition) is 2. The molecule has 1 aliphatic rings. The van der Waals surface area contributed by atoms with Crippen LogP contribution in [0.3, 0.4) is 0 Å². The SMILES string of the molecule is CN1C(=O)/C(=C/c2ccc(OCCC(=O)O)cc2)SC1=Nc1ccccc1C(=O)O. The van der Waals surface area contributed by atoms with Crippen LogP contribution in [0.25, 0.3) is 6.08 Å². The molecule has 2 aromatic rings. The van der Waals surface area contributed by atoms with Gasteiger partial charge in [0.2, 0.25) is 0 Å². The number of para-hydroxylation sites is 1. The summed E-state index contributed by atoms with van der Waals surface area (Å²) in [6.07, 6.45) is 1.62. The van der Waals surface area contributed by atoms with E-state index in [0.717, 1.165) is 17.3 Å². The van der Waals surface area contributed by atoms with Gasteiger partial charge in [-0.25, -0.2) is 9.79 Å². The molecule has 0 spiro atoms. The van der Waals surface area contributed by atoms with Crippen LogP contribution in [0.15, 0.2) is 58.4 Å². The molecule has 154 valence electrons. The molecule has 0 aromatic heterocycles. The molecule has 30 heavy (non-hydrogen) atoms. The smallest absolute Gasteiger partial charge is 0.337 e. The lowest BCUT2D eigenvalue weighted by atomic mass is 10.2. The van der Waals surface area contributed by atoms with Crippen LogP contribution in [0.5, 0.6) is 5.75 Å². The van der Waals surface area contributed by atoms with E-state index in [9.17, 15) is 19.5 Å². The number of carboxylic acid groups (broad SMARTS) is 2. The minimum atomic E-state index is -1.09. The molecule has 0 aliphatic carbocycles. The molecular formula is C21H18N2O6S. The summed E-state index contributed by atoms with van der Waals surface area (Å²) < 4.78 is 5.34. The number of carboxylic acids is 2. The van der Waals surface area contributed by atoms with E-state index in [1.165, 1.54) is 11.0 Å². The summed E-state index contributed by atoms with van der Waals surface area (Å²) in [5, 5.41) is 18.3. The third kappa shape index (κ3) is 5.06. The van der Waals surface area contributed by atoms with Crippen LogP contribution < -0.4 is 4.74 Å². The van der Waals surface area contributed by atoms with Gasteiger partial charge in [0.05, 0.1) is 29.2 Å². The van der Waals surface area contributed by atoms with Gasteiger partial charge in [-0.15, -0.1) is 0 Å². The number of carbonyl (C=O) groups is 3. The zero-order valence-corrected chi connectivity index (χ0v) is 16.8. The van der Waals surface area contributed by atoms with Crippen LogP contribution in [0, 0.1) is 0 Å². The fraction of sp³-hybridized carbons (Fsp3) is 0.143. The molecule has 0 unspecified atom stereocenters. The maximum absolute atomic E-state index is 12.6. The van der Waals surface area contributed by atoms with E-state index in [-0.39, 0.29) is 30.2 Å². The van der Waals surface area contributed by atoms with Crippen LogP contribution >= 0.6 is 11.8 Å². The zero-order valence-electron chi connectivity index (χ0n) is 15.9. The molecule has 0 radical (unpaired) electrons. The molecule has 1 aliphatic heterocycles. The Labute approximate surface area is 176 Å². The molecule has 0 bridgehead atoms. The summed E-state index contributed by atoms with van der Waals surface area (Å²) in [5.74, 6) is -1.73. The molecule has 2 N–H and O–H groups in total. The van der Waals surface area contributed by atoms with Gasteiger partial charge in [0.15, 0.2) is 5.17 Å². The quantitative estimate of drug-likeness (QED) is 0.651. The second-order valence-corrected chi connectivity index (χ2v) is 7.26. The second-order valence-electron chi connectivity index (χ2n) is 6.25. The van der Waals surface area contributed by atoms with Gasteiger partial charge in [-0.1, -0.05) is 24.3 Å². The van der Waals surface area contributed by atoms with Gasteiger partial charge in [-0.2, -0.15) is 0 Å². The fourth-order valence-electron chi connectivity index (χ4n) is 2.57. The predicted octanol–water partition coefficient (Wildman–Crippen LogP) is 3.47. The summed E-state index contributed by atoms with van der Waals surface area (Å²) in [5.41, 5.74) is 1.09. The van der Waals surface area contributed by atoms with Gasteiger partial charge in [-0.3, -0.25) is 14.5 Å². The van der Waals surface area contributed by atoms with Gasteiger partial charge in [0.25, 0.3) is 5.91 Å². The summed E-state index contributed by atoms with van der Waals surface area (Å²) in [7, 11) is 1.58. The zero-order chi connectivity index (χ0) is 21.7. The molecular weight excluding hydrogens is 408 g/mol. The van der Waals surface area contributed by atoms with Crippen molar-refractivity contribution in [3.63, 3.8) is 0 Å². The number of likely N-dealkylation sites (N-methyl/N-ethyl adjacent to an activating group) is 1. The number of ether oxygens (including phenoxy) is 1. The van der Waals surface area contributed by atoms with E-state index in [1.807, 2.05) is 0 Å². The van der Waals surface area contributed by atoms with Crippen molar-refractivity contribution in [2.45, 2.75) is 6.42 Å². The van der Waals surface area contributed by atoms with E-state index in [4.69, 9.17) is 9.84 Å². The molecule has 1 heterocycles. The van der Waals surface area contributed by atoms with Crippen LogP contribution in [0.1, 0.15) is 22.3 Å². The highest BCUT2D eigenvalue weighted by Gasteiger charge is 2.30. The highest BCUT2D eigenvalue weighted by atomic mass is 32.2. The molecule has 3 rings (SSSR count). The van der Waals surface area contributed by atoms with Crippen LogP contribution in [0.2, 0.25) is 0 Å². The first-order valence-corrected chi connectivity index (χ1v) is 9.70. The van der Waals surface area contributed by atoms with Crippen molar-refractivity contribution in [1.29, 1.82) is 0 Å². The molecule has 1 amide bonds. The lowest BCUT2D eigenvalue weighted by molar-refractivity contribution is -0.137. The number of amides is 1. The predicted molar refractivity (Wildman–Crippen MR) is 113 cm³/mol. The van der Waals surface area contributed by atoms with Gasteiger partial charge in [-0.05, 0) is 47.7 Å². The first-order valence-electron chi connectivity index (χ1n) is 8.88. The molecule has 1 saturated heterocycles. The largest absolute Gasteiger partial charge is 0.493 e. The number of benzene rings is 2. The van der Waals surface area contributed by atoms with Crippen LogP contribution in [-0.2, 0) is 9.59 Å². The Morgan fingerprint density at radius 2 is 1.83 bits per heavy atom. The van der Waals surface area contributed by atoms with E-state index in [0.29, 0.717) is 15.8 Å². The van der Waals surface area contributed by atoms with E-state index < -0.39 is 11.9 Å². The first kappa shape index (κ1) is 21.1. The topological polar surface area (TPSA) is 117 Å². The lowest BCUT2D eigenvalue weighted by Gasteiger charge is -2.08. The molecule has 1 fully saturated rings. The number of hydrogen-bond acceptors (Lipinski definition) is 6. The minimum absolute atomic E-state index is 0.0577. The lowest BCUT2D eigenvalue weighted by Crippen LogP contribution is -2.23. The van der Waals surface area contributed by atoms with Crippen LogP contribution in [-0.4, -0.2) is 51.8 Å². The first-order chi connectivity index (χ1) is 14.3. The number of nitrogens with zero attached hydrogens (tertiary/aromatic N) is 2. The van der Waals surface area contributed by atoms with Crippen molar-refractivity contribution in [1.82, 2.24) is 4.90 Å². The monoisotopic (exact) mass is 426 g/mol. The Kier molecular flexibility index (Phi) is 6.53. The maximum atomic E-state index is 12.6. The Morgan fingerprint density at radius 1 is 1.13 bits per heavy atom. The number of aliphatic imine (C=N–C) groups is 1. The number of thioether (sulfide) groups is 1. The average Bonchev–Trinajstić information content (AvgIpc) is 2.97. The van der Waals surface area contributed by atoms with Crippen molar-refractivity contribution in [3.8, 4) is 5.75 Å². The molecule has 0 saturated carbocycles. The Hall–Kier alpha value is -3.59. The summed E-state index contributed by atoms with van der Waals surface area (Å²) >= 11 is 1.16. The molecule has 8 nitrogen and oxygen atoms in total. The Balaban J connectivity index is 1.77. The summed E-state index contributed by atoms with van der Waals surface area (Å²) in [6.45, 7) is 0.0759. The third-order valence-corrected chi connectivity index (χ3v) is 5.18. The number of carbonyl (C=O) groups excluding carboxylic acids is 1. The normalized spacial score (nSPS) is 16.3. The number of aliphatic carboxylic acids is 1. The van der Waals surface area contributed by atoms with E-state index in [1.54, 1.807) is 55.6 Å². The fourth-order valence-corrected chi connectivity index (χ4v) is 3.55. The second kappa shape index (κ2) is 9.27. The van der Waals surface area contributed by atoms with Crippen molar-refractivity contribution < 1.29 is 29.3 Å². The highest BCUT2D eigenvalue weighted by molar-refractivity contribution is 8.18. The van der Waals surface area contributed by atoms with E-state index >= 15 is 0 Å². The van der Waals surface area contributed by atoms with Crippen molar-refractivity contribution >= 4 is 46.5 Å². The maximum Gasteiger partial charge on any atom is 0.337 e. The van der Waals surface area contributed by atoms with Gasteiger partial charge in [0, 0.05) is 7.05 Å². The molecule has 2 aromatic carbocycles. The minimum Gasteiger partial charge on any atom is -0.493 e. The Bertz CT molecular complexity index is 1050. The van der Waals surface area contributed by atoms with Crippen molar-refractivity contribution in [2.24, 2.45) is 4.99 Å². The number of rotatable bonds is 7. The molecule has 9 heteroatoms. The Morgan fingerprint density at radius 3 is 2.50 bits per heavy atom. The average molecular weight is 426 g/mol. The van der Waals surface area contributed by atoms with Gasteiger partial charge in [0.1, 0.15) is 5.75 Å². The number of amidine groups is 1. The van der Waals surface area contributed by atoms with Gasteiger partial charge >= 0.3 is 11.9 Å². The van der Waals surface area contributed by atoms with Crippen LogP contribution in [0.4, 0.5) is 5.69 Å². The molecule has 0 atom stereocenters. The number of aromatic carboxylic acids is 1.